The number of carbonyl (C=O) groups is 2. The molecule has 1 aromatic heterocycles. The summed E-state index contributed by atoms with van der Waals surface area (Å²) < 4.78 is 4.75. The van der Waals surface area contributed by atoms with E-state index in [0.717, 1.165) is 5.69 Å². The second-order valence-electron chi connectivity index (χ2n) is 6.25. The number of Topliss-reactive ketones (excluding diaryl/α,β-unsaturated/α-hetero) is 1. The zero-order chi connectivity index (χ0) is 16.3. The van der Waals surface area contributed by atoms with E-state index in [-0.39, 0.29) is 5.78 Å². The van der Waals surface area contributed by atoms with Gasteiger partial charge in [0.15, 0.2) is 5.78 Å². The molecule has 2 rings (SSSR count). The molecule has 0 spiro atoms. The van der Waals surface area contributed by atoms with E-state index in [9.17, 15) is 9.59 Å². The fraction of sp³-hybridized carbons (Fsp3) is 0.647. The second-order valence-corrected chi connectivity index (χ2v) is 6.25. The molecular formula is C17H26N2O3. The summed E-state index contributed by atoms with van der Waals surface area (Å²) in [5.41, 5.74) is 2.43. The van der Waals surface area contributed by atoms with Gasteiger partial charge in [-0.2, -0.15) is 0 Å². The molecule has 1 saturated carbocycles. The number of methoxy groups -OCH3 is 1. The van der Waals surface area contributed by atoms with Crippen molar-refractivity contribution < 1.29 is 14.3 Å². The van der Waals surface area contributed by atoms with Gasteiger partial charge in [-0.3, -0.25) is 9.69 Å². The third kappa shape index (κ3) is 3.40. The van der Waals surface area contributed by atoms with E-state index in [2.05, 4.69) is 9.88 Å². The van der Waals surface area contributed by atoms with Crippen LogP contribution in [0.15, 0.2) is 0 Å². The van der Waals surface area contributed by atoms with Crippen molar-refractivity contribution in [2.24, 2.45) is 0 Å². The first-order valence-corrected chi connectivity index (χ1v) is 7.96. The Hall–Kier alpha value is -1.62. The summed E-state index contributed by atoms with van der Waals surface area (Å²) >= 11 is 0. The number of aryl methyl sites for hydroxylation is 1. The lowest BCUT2D eigenvalue weighted by Gasteiger charge is -2.30. The van der Waals surface area contributed by atoms with Gasteiger partial charge in [0, 0.05) is 17.3 Å². The summed E-state index contributed by atoms with van der Waals surface area (Å²) in [5, 5.41) is 0. The molecular weight excluding hydrogens is 280 g/mol. The van der Waals surface area contributed by atoms with Crippen molar-refractivity contribution >= 4 is 11.8 Å². The van der Waals surface area contributed by atoms with Gasteiger partial charge in [0.05, 0.1) is 13.7 Å². The number of likely N-dealkylation sites (N-methyl/N-ethyl adjacent to an activating group) is 1. The quantitative estimate of drug-likeness (QED) is 0.671. The predicted molar refractivity (Wildman–Crippen MR) is 85.4 cm³/mol. The minimum atomic E-state index is -0.430. The Labute approximate surface area is 132 Å². The third-order valence-corrected chi connectivity index (χ3v) is 4.70. The molecule has 1 fully saturated rings. The first-order chi connectivity index (χ1) is 10.5. The smallest absolute Gasteiger partial charge is 0.354 e. The highest BCUT2D eigenvalue weighted by Gasteiger charge is 2.25. The molecule has 5 nitrogen and oxygen atoms in total. The highest BCUT2D eigenvalue weighted by Crippen LogP contribution is 2.23. The molecule has 0 aromatic carbocycles. The number of hydrogen-bond donors (Lipinski definition) is 1. The maximum Gasteiger partial charge on any atom is 0.354 e. The molecule has 0 bridgehead atoms. The molecule has 1 heterocycles. The fourth-order valence-corrected chi connectivity index (χ4v) is 3.43. The number of aromatic amines is 1. The standard InChI is InChI=1S/C17H26N2O3/c1-11-15(12(2)18-16(11)17(21)22-4)14(20)10-19(3)13-8-6-5-7-9-13/h13,18H,5-10H2,1-4H3. The molecule has 0 saturated heterocycles. The van der Waals surface area contributed by atoms with E-state index in [1.54, 1.807) is 6.92 Å². The molecule has 1 N–H and O–H groups in total. The number of ketones is 1. The van der Waals surface area contributed by atoms with Crippen LogP contribution in [0, 0.1) is 13.8 Å². The summed E-state index contributed by atoms with van der Waals surface area (Å²) in [4.78, 5) is 29.5. The summed E-state index contributed by atoms with van der Waals surface area (Å²) in [5.74, 6) is -0.366. The van der Waals surface area contributed by atoms with Crippen molar-refractivity contribution in [3.05, 3.63) is 22.5 Å². The van der Waals surface area contributed by atoms with Gasteiger partial charge in [0.1, 0.15) is 5.69 Å². The van der Waals surface area contributed by atoms with Crippen molar-refractivity contribution in [1.29, 1.82) is 0 Å². The largest absolute Gasteiger partial charge is 0.464 e. The molecule has 0 aliphatic heterocycles. The molecule has 0 radical (unpaired) electrons. The predicted octanol–water partition coefficient (Wildman–Crippen LogP) is 2.87. The summed E-state index contributed by atoms with van der Waals surface area (Å²) in [7, 11) is 3.36. The maximum absolute atomic E-state index is 12.6. The molecule has 122 valence electrons. The molecule has 22 heavy (non-hydrogen) atoms. The Morgan fingerprint density at radius 1 is 1.23 bits per heavy atom. The number of nitrogens with zero attached hydrogens (tertiary/aromatic N) is 1. The highest BCUT2D eigenvalue weighted by atomic mass is 16.5. The van der Waals surface area contributed by atoms with E-state index in [4.69, 9.17) is 4.74 Å². The van der Waals surface area contributed by atoms with Crippen LogP contribution in [-0.2, 0) is 4.74 Å². The van der Waals surface area contributed by atoms with Gasteiger partial charge >= 0.3 is 5.97 Å². The first-order valence-electron chi connectivity index (χ1n) is 7.96. The maximum atomic E-state index is 12.6. The Morgan fingerprint density at radius 3 is 2.45 bits per heavy atom. The number of aromatic nitrogens is 1. The van der Waals surface area contributed by atoms with Crippen molar-refractivity contribution in [1.82, 2.24) is 9.88 Å². The number of hydrogen-bond acceptors (Lipinski definition) is 4. The van der Waals surface area contributed by atoms with Gasteiger partial charge in [-0.15, -0.1) is 0 Å². The summed E-state index contributed by atoms with van der Waals surface area (Å²) in [6.07, 6.45) is 6.14. The number of ether oxygens (including phenoxy) is 1. The van der Waals surface area contributed by atoms with Crippen molar-refractivity contribution in [2.75, 3.05) is 20.7 Å². The lowest BCUT2D eigenvalue weighted by molar-refractivity contribution is 0.0594. The lowest BCUT2D eigenvalue weighted by Crippen LogP contribution is -2.37. The Morgan fingerprint density at radius 2 is 1.86 bits per heavy atom. The highest BCUT2D eigenvalue weighted by molar-refractivity contribution is 6.03. The fourth-order valence-electron chi connectivity index (χ4n) is 3.43. The van der Waals surface area contributed by atoms with Crippen molar-refractivity contribution in [3.63, 3.8) is 0 Å². The Bertz CT molecular complexity index is 556. The van der Waals surface area contributed by atoms with E-state index >= 15 is 0 Å². The van der Waals surface area contributed by atoms with Crippen LogP contribution in [0.3, 0.4) is 0 Å². The van der Waals surface area contributed by atoms with Crippen LogP contribution in [0.25, 0.3) is 0 Å². The van der Waals surface area contributed by atoms with E-state index in [0.29, 0.717) is 29.4 Å². The first kappa shape index (κ1) is 16.7. The lowest BCUT2D eigenvalue weighted by atomic mass is 9.94. The normalized spacial score (nSPS) is 16.0. The molecule has 0 unspecified atom stereocenters. The van der Waals surface area contributed by atoms with Gasteiger partial charge in [-0.25, -0.2) is 4.79 Å². The third-order valence-electron chi connectivity index (χ3n) is 4.70. The van der Waals surface area contributed by atoms with Crippen LogP contribution < -0.4 is 0 Å². The number of carbonyl (C=O) groups excluding carboxylic acids is 2. The SMILES string of the molecule is COC(=O)c1[nH]c(C)c(C(=O)CN(C)C2CCCCC2)c1C. The van der Waals surface area contributed by atoms with Gasteiger partial charge in [-0.1, -0.05) is 19.3 Å². The average Bonchev–Trinajstić information content (AvgIpc) is 2.82. The van der Waals surface area contributed by atoms with Crippen LogP contribution in [0.1, 0.15) is 64.2 Å². The van der Waals surface area contributed by atoms with Crippen LogP contribution >= 0.6 is 0 Å². The van der Waals surface area contributed by atoms with Crippen LogP contribution in [-0.4, -0.2) is 48.4 Å². The Kier molecular flexibility index (Phi) is 5.40. The van der Waals surface area contributed by atoms with Gasteiger partial charge < -0.3 is 9.72 Å². The molecule has 5 heteroatoms. The van der Waals surface area contributed by atoms with Crippen molar-refractivity contribution in [3.8, 4) is 0 Å². The molecule has 0 amide bonds. The number of nitrogens with one attached hydrogen (secondary N) is 1. The summed E-state index contributed by atoms with van der Waals surface area (Å²) in [6.45, 7) is 4.02. The van der Waals surface area contributed by atoms with E-state index in [1.165, 1.54) is 39.2 Å². The topological polar surface area (TPSA) is 62.4 Å². The van der Waals surface area contributed by atoms with Crippen LogP contribution in [0.4, 0.5) is 0 Å². The van der Waals surface area contributed by atoms with E-state index < -0.39 is 5.97 Å². The van der Waals surface area contributed by atoms with E-state index in [1.807, 2.05) is 14.0 Å². The molecule has 1 aliphatic rings. The molecule has 1 aliphatic carbocycles. The number of esters is 1. The molecule has 0 atom stereocenters. The summed E-state index contributed by atoms with van der Waals surface area (Å²) in [6, 6.07) is 0.498. The average molecular weight is 306 g/mol. The van der Waals surface area contributed by atoms with Gasteiger partial charge in [-0.05, 0) is 39.3 Å². The number of H-pyrrole nitrogens is 1. The second kappa shape index (κ2) is 7.09. The van der Waals surface area contributed by atoms with Crippen LogP contribution in [0.5, 0.6) is 0 Å². The minimum absolute atomic E-state index is 0.0643. The van der Waals surface area contributed by atoms with Crippen LogP contribution in [0.2, 0.25) is 0 Å². The number of rotatable bonds is 5. The molecule has 1 aromatic rings. The van der Waals surface area contributed by atoms with Crippen molar-refractivity contribution in [2.45, 2.75) is 52.0 Å². The van der Waals surface area contributed by atoms with Gasteiger partial charge in [0.2, 0.25) is 0 Å². The monoisotopic (exact) mass is 306 g/mol. The minimum Gasteiger partial charge on any atom is -0.464 e. The van der Waals surface area contributed by atoms with Gasteiger partial charge in [0.25, 0.3) is 0 Å². The zero-order valence-electron chi connectivity index (χ0n) is 14.0. The Balaban J connectivity index is 2.12. The zero-order valence-corrected chi connectivity index (χ0v) is 14.0.